The number of amides is 3. The second kappa shape index (κ2) is 11.5. The van der Waals surface area contributed by atoms with Crippen LogP contribution >= 0.6 is 0 Å². The van der Waals surface area contributed by atoms with E-state index in [1.165, 1.54) is 0 Å². The Morgan fingerprint density at radius 2 is 1.61 bits per heavy atom. The number of hydrogen-bond acceptors (Lipinski definition) is 9. The first-order chi connectivity index (χ1) is 17.1. The van der Waals surface area contributed by atoms with Gasteiger partial charge in [0.2, 0.25) is 0 Å². The van der Waals surface area contributed by atoms with E-state index >= 15 is 0 Å². The number of imide groups is 1. The highest BCUT2D eigenvalue weighted by Gasteiger charge is 2.64. The lowest BCUT2D eigenvalue weighted by Crippen LogP contribution is -2.53. The number of carbonyl (C=O) groups excluding carboxylic acids is 5. The Kier molecular flexibility index (Phi) is 8.67. The van der Waals surface area contributed by atoms with Crippen LogP contribution in [0.25, 0.3) is 0 Å². The van der Waals surface area contributed by atoms with Crippen LogP contribution in [0, 0.1) is 0 Å². The summed E-state index contributed by atoms with van der Waals surface area (Å²) in [4.78, 5) is 68.5. The molecular formula is C25H33N3O8. The molecule has 2 fully saturated rings. The summed E-state index contributed by atoms with van der Waals surface area (Å²) in [6, 6.07) is 7.71. The minimum Gasteiger partial charge on any atom is -0.465 e. The quantitative estimate of drug-likeness (QED) is 0.264. The standard InChI is InChI=1S/C25H33N3O8/c1-5-34-20(29)14-27-23(32)25(28(24(27)33)15-21(30)35-6-2)12-19(22(31)36-17(3)4)26(16-25)13-18-10-8-7-9-11-18/h7-11,17,19H,5-6,12-16H2,1-4H3/t19-,25+/m0/s1. The lowest BCUT2D eigenvalue weighted by atomic mass is 9.94. The minimum absolute atomic E-state index is 0.0247. The van der Waals surface area contributed by atoms with E-state index < -0.39 is 54.5 Å². The maximum atomic E-state index is 13.7. The van der Waals surface area contributed by atoms with Crippen LogP contribution in [0.1, 0.15) is 39.7 Å². The third-order valence-corrected chi connectivity index (χ3v) is 6.10. The van der Waals surface area contributed by atoms with Gasteiger partial charge in [-0.3, -0.25) is 33.9 Å². The normalized spacial score (nSPS) is 22.0. The van der Waals surface area contributed by atoms with Crippen LogP contribution in [0.2, 0.25) is 0 Å². The van der Waals surface area contributed by atoms with Crippen molar-refractivity contribution in [2.24, 2.45) is 0 Å². The lowest BCUT2D eigenvalue weighted by Gasteiger charge is -2.30. The third kappa shape index (κ3) is 5.67. The summed E-state index contributed by atoms with van der Waals surface area (Å²) >= 11 is 0. The van der Waals surface area contributed by atoms with E-state index in [9.17, 15) is 24.0 Å². The van der Waals surface area contributed by atoms with Crippen LogP contribution in [0.15, 0.2) is 30.3 Å². The number of ether oxygens (including phenoxy) is 3. The predicted octanol–water partition coefficient (Wildman–Crippen LogP) is 1.34. The first-order valence-electron chi connectivity index (χ1n) is 12.1. The summed E-state index contributed by atoms with van der Waals surface area (Å²) < 4.78 is 15.4. The number of likely N-dealkylation sites (tertiary alicyclic amines) is 1. The van der Waals surface area contributed by atoms with Gasteiger partial charge in [-0.1, -0.05) is 30.3 Å². The van der Waals surface area contributed by atoms with Crippen LogP contribution in [0.4, 0.5) is 4.79 Å². The average molecular weight is 504 g/mol. The molecule has 2 heterocycles. The zero-order chi connectivity index (χ0) is 26.5. The summed E-state index contributed by atoms with van der Waals surface area (Å²) in [5.74, 6) is -2.64. The fourth-order valence-electron chi connectivity index (χ4n) is 4.65. The van der Waals surface area contributed by atoms with Gasteiger partial charge in [0.1, 0.15) is 24.7 Å². The van der Waals surface area contributed by atoms with Crippen LogP contribution in [-0.2, 0) is 39.9 Å². The zero-order valence-corrected chi connectivity index (χ0v) is 21.1. The number of esters is 3. The van der Waals surface area contributed by atoms with E-state index in [4.69, 9.17) is 14.2 Å². The molecule has 11 nitrogen and oxygen atoms in total. The van der Waals surface area contributed by atoms with Gasteiger partial charge < -0.3 is 14.2 Å². The van der Waals surface area contributed by atoms with Crippen molar-refractivity contribution in [1.82, 2.24) is 14.7 Å². The van der Waals surface area contributed by atoms with Gasteiger partial charge in [0.25, 0.3) is 5.91 Å². The number of hydrogen-bond donors (Lipinski definition) is 0. The van der Waals surface area contributed by atoms with Gasteiger partial charge in [-0.05, 0) is 33.3 Å². The van der Waals surface area contributed by atoms with Crippen molar-refractivity contribution in [1.29, 1.82) is 0 Å². The number of nitrogens with zero attached hydrogens (tertiary/aromatic N) is 3. The van der Waals surface area contributed by atoms with Gasteiger partial charge in [0.15, 0.2) is 0 Å². The van der Waals surface area contributed by atoms with Crippen molar-refractivity contribution in [3.05, 3.63) is 35.9 Å². The smallest absolute Gasteiger partial charge is 0.328 e. The summed E-state index contributed by atoms with van der Waals surface area (Å²) in [5, 5.41) is 0. The summed E-state index contributed by atoms with van der Waals surface area (Å²) in [5.41, 5.74) is -0.653. The Morgan fingerprint density at radius 3 is 2.19 bits per heavy atom. The molecule has 3 amide bonds. The molecule has 1 aromatic carbocycles. The van der Waals surface area contributed by atoms with Crippen molar-refractivity contribution < 1.29 is 38.2 Å². The molecule has 0 N–H and O–H groups in total. The van der Waals surface area contributed by atoms with Gasteiger partial charge >= 0.3 is 23.9 Å². The Bertz CT molecular complexity index is 998. The van der Waals surface area contributed by atoms with Crippen LogP contribution in [-0.4, -0.2) is 95.1 Å². The van der Waals surface area contributed by atoms with Crippen molar-refractivity contribution in [3.63, 3.8) is 0 Å². The highest BCUT2D eigenvalue weighted by atomic mass is 16.5. The van der Waals surface area contributed by atoms with Gasteiger partial charge in [0.05, 0.1) is 19.3 Å². The molecule has 1 spiro atoms. The molecule has 0 aromatic heterocycles. The lowest BCUT2D eigenvalue weighted by molar-refractivity contribution is -0.153. The molecule has 2 aliphatic rings. The molecule has 0 unspecified atom stereocenters. The van der Waals surface area contributed by atoms with E-state index in [0.717, 1.165) is 15.4 Å². The van der Waals surface area contributed by atoms with E-state index in [1.54, 1.807) is 32.6 Å². The Morgan fingerprint density at radius 1 is 1.00 bits per heavy atom. The molecule has 36 heavy (non-hydrogen) atoms. The summed E-state index contributed by atoms with van der Waals surface area (Å²) in [7, 11) is 0. The second-order valence-electron chi connectivity index (χ2n) is 9.00. The van der Waals surface area contributed by atoms with Gasteiger partial charge in [-0.25, -0.2) is 4.79 Å². The van der Waals surface area contributed by atoms with E-state index in [-0.39, 0.29) is 32.3 Å². The number of rotatable bonds is 10. The van der Waals surface area contributed by atoms with Crippen molar-refractivity contribution >= 4 is 29.8 Å². The maximum Gasteiger partial charge on any atom is 0.328 e. The zero-order valence-electron chi connectivity index (χ0n) is 21.1. The maximum absolute atomic E-state index is 13.7. The molecule has 1 aromatic rings. The molecule has 0 radical (unpaired) electrons. The highest BCUT2D eigenvalue weighted by molar-refractivity contribution is 6.10. The molecule has 196 valence electrons. The van der Waals surface area contributed by atoms with Crippen molar-refractivity contribution in [2.45, 2.75) is 58.3 Å². The Hall–Kier alpha value is -3.47. The van der Waals surface area contributed by atoms with E-state index in [2.05, 4.69) is 0 Å². The largest absolute Gasteiger partial charge is 0.465 e. The van der Waals surface area contributed by atoms with Gasteiger partial charge in [-0.15, -0.1) is 0 Å². The first-order valence-corrected chi connectivity index (χ1v) is 12.1. The van der Waals surface area contributed by atoms with Crippen LogP contribution < -0.4 is 0 Å². The molecule has 11 heteroatoms. The van der Waals surface area contributed by atoms with Gasteiger partial charge in [0, 0.05) is 19.5 Å². The third-order valence-electron chi connectivity index (χ3n) is 6.10. The van der Waals surface area contributed by atoms with Crippen molar-refractivity contribution in [2.75, 3.05) is 32.8 Å². The molecule has 3 rings (SSSR count). The SMILES string of the molecule is CCOC(=O)CN1C(=O)N(CC(=O)OCC)[C@@]2(C[C@@H](C(=O)OC(C)C)N(Cc3ccccc3)C2)C1=O. The molecular weight excluding hydrogens is 470 g/mol. The highest BCUT2D eigenvalue weighted by Crippen LogP contribution is 2.40. The molecule has 0 bridgehead atoms. The van der Waals surface area contributed by atoms with Gasteiger partial charge in [-0.2, -0.15) is 0 Å². The van der Waals surface area contributed by atoms with Crippen molar-refractivity contribution in [3.8, 4) is 0 Å². The molecule has 0 saturated carbocycles. The monoisotopic (exact) mass is 503 g/mol. The van der Waals surface area contributed by atoms with E-state index in [1.807, 2.05) is 30.3 Å². The predicted molar refractivity (Wildman–Crippen MR) is 126 cm³/mol. The molecule has 0 aliphatic carbocycles. The molecule has 2 atom stereocenters. The Labute approximate surface area is 210 Å². The topological polar surface area (TPSA) is 123 Å². The summed E-state index contributed by atoms with van der Waals surface area (Å²) in [6.07, 6.45) is -0.473. The molecule has 2 aliphatic heterocycles. The second-order valence-corrected chi connectivity index (χ2v) is 9.00. The Balaban J connectivity index is 1.99. The summed E-state index contributed by atoms with van der Waals surface area (Å²) in [6.45, 7) is 6.07. The number of urea groups is 1. The molecule has 2 saturated heterocycles. The fraction of sp³-hybridized carbons (Fsp3) is 0.560. The first kappa shape index (κ1) is 27.1. The average Bonchev–Trinajstić information content (AvgIpc) is 3.28. The number of benzene rings is 1. The minimum atomic E-state index is -1.55. The number of carbonyl (C=O) groups is 5. The van der Waals surface area contributed by atoms with Crippen LogP contribution in [0.5, 0.6) is 0 Å². The van der Waals surface area contributed by atoms with Crippen LogP contribution in [0.3, 0.4) is 0 Å². The fourth-order valence-corrected chi connectivity index (χ4v) is 4.65. The van der Waals surface area contributed by atoms with E-state index in [0.29, 0.717) is 6.54 Å².